The maximum atomic E-state index is 5.97. The molecule has 0 bridgehead atoms. The highest BCUT2D eigenvalue weighted by Crippen LogP contribution is 2.28. The van der Waals surface area contributed by atoms with Crippen LogP contribution in [0.3, 0.4) is 0 Å². The average molecular weight is 463 g/mol. The summed E-state index contributed by atoms with van der Waals surface area (Å²) in [6.45, 7) is 11.1. The minimum Gasteiger partial charge on any atom is -0.486 e. The molecule has 0 saturated heterocycles. The molecule has 0 radical (unpaired) electrons. The summed E-state index contributed by atoms with van der Waals surface area (Å²) >= 11 is 3.30. The van der Waals surface area contributed by atoms with Gasteiger partial charge in [-0.2, -0.15) is 0 Å². The molecule has 2 aromatic carbocycles. The van der Waals surface area contributed by atoms with E-state index in [0.717, 1.165) is 38.7 Å². The van der Waals surface area contributed by atoms with Gasteiger partial charge in [-0.25, -0.2) is 4.98 Å². The zero-order valence-electron chi connectivity index (χ0n) is 18.5. The standard InChI is InChI=1S/C25H26N4OS2/c1-5-12-29-23(14-30-22-11-8-18(3)19(4)13-22)27-28-25(29)32-16-21-15-31-24(26-21)20-9-6-17(2)7-10-20/h5-11,13,15H,1,12,14,16H2,2-4H3. The van der Waals surface area contributed by atoms with Crippen LogP contribution in [0.2, 0.25) is 0 Å². The fourth-order valence-corrected chi connectivity index (χ4v) is 4.93. The van der Waals surface area contributed by atoms with Gasteiger partial charge in [-0.3, -0.25) is 4.57 Å². The summed E-state index contributed by atoms with van der Waals surface area (Å²) in [6.07, 6.45) is 1.85. The van der Waals surface area contributed by atoms with Crippen LogP contribution in [0.5, 0.6) is 5.75 Å². The second-order valence-corrected chi connectivity index (χ2v) is 9.43. The van der Waals surface area contributed by atoms with E-state index in [4.69, 9.17) is 9.72 Å². The van der Waals surface area contributed by atoms with Crippen LogP contribution in [-0.4, -0.2) is 19.7 Å². The van der Waals surface area contributed by atoms with Gasteiger partial charge >= 0.3 is 0 Å². The van der Waals surface area contributed by atoms with Crippen molar-refractivity contribution in [2.24, 2.45) is 0 Å². The van der Waals surface area contributed by atoms with Crippen LogP contribution in [0.4, 0.5) is 0 Å². The smallest absolute Gasteiger partial charge is 0.191 e. The van der Waals surface area contributed by atoms with Gasteiger partial charge in [0.05, 0.1) is 5.69 Å². The molecule has 4 rings (SSSR count). The fourth-order valence-electron chi connectivity index (χ4n) is 3.14. The Morgan fingerprint density at radius 2 is 1.88 bits per heavy atom. The van der Waals surface area contributed by atoms with Gasteiger partial charge in [-0.15, -0.1) is 28.1 Å². The topological polar surface area (TPSA) is 52.8 Å². The number of hydrogen-bond donors (Lipinski definition) is 0. The van der Waals surface area contributed by atoms with Gasteiger partial charge in [0.1, 0.15) is 17.4 Å². The molecule has 2 heterocycles. The second kappa shape index (κ2) is 10.1. The van der Waals surface area contributed by atoms with Crippen LogP contribution in [0, 0.1) is 20.8 Å². The lowest BCUT2D eigenvalue weighted by Crippen LogP contribution is -2.07. The molecule has 0 amide bonds. The van der Waals surface area contributed by atoms with Crippen molar-refractivity contribution in [1.82, 2.24) is 19.7 Å². The van der Waals surface area contributed by atoms with Crippen molar-refractivity contribution in [3.8, 4) is 16.3 Å². The molecular weight excluding hydrogens is 436 g/mol. The number of aryl methyl sites for hydroxylation is 3. The van der Waals surface area contributed by atoms with Crippen molar-refractivity contribution in [2.75, 3.05) is 0 Å². The monoisotopic (exact) mass is 462 g/mol. The Morgan fingerprint density at radius 3 is 2.62 bits per heavy atom. The lowest BCUT2D eigenvalue weighted by Gasteiger charge is -2.10. The molecule has 0 unspecified atom stereocenters. The van der Waals surface area contributed by atoms with Crippen LogP contribution < -0.4 is 4.74 Å². The third kappa shape index (κ3) is 5.29. The summed E-state index contributed by atoms with van der Waals surface area (Å²) in [6, 6.07) is 14.6. The first-order valence-electron chi connectivity index (χ1n) is 10.4. The summed E-state index contributed by atoms with van der Waals surface area (Å²) in [5, 5.41) is 12.7. The minimum absolute atomic E-state index is 0.359. The van der Waals surface area contributed by atoms with Crippen LogP contribution in [0.25, 0.3) is 10.6 Å². The van der Waals surface area contributed by atoms with E-state index in [1.807, 2.05) is 22.8 Å². The molecule has 2 aromatic heterocycles. The lowest BCUT2D eigenvalue weighted by molar-refractivity contribution is 0.289. The molecule has 7 heteroatoms. The Labute approximate surface area is 197 Å². The van der Waals surface area contributed by atoms with Crippen LogP contribution in [0.1, 0.15) is 28.2 Å². The fraction of sp³-hybridized carbons (Fsp3) is 0.240. The quantitative estimate of drug-likeness (QED) is 0.213. The summed E-state index contributed by atoms with van der Waals surface area (Å²) in [7, 11) is 0. The molecule has 164 valence electrons. The highest BCUT2D eigenvalue weighted by Gasteiger charge is 2.14. The summed E-state index contributed by atoms with van der Waals surface area (Å²) in [4.78, 5) is 4.79. The Kier molecular flexibility index (Phi) is 7.07. The Balaban J connectivity index is 1.42. The second-order valence-electron chi connectivity index (χ2n) is 7.63. The number of thioether (sulfide) groups is 1. The molecule has 5 nitrogen and oxygen atoms in total. The van der Waals surface area contributed by atoms with Gasteiger partial charge in [0.15, 0.2) is 11.0 Å². The molecule has 0 saturated carbocycles. The first-order valence-corrected chi connectivity index (χ1v) is 12.3. The molecule has 32 heavy (non-hydrogen) atoms. The van der Waals surface area contributed by atoms with Crippen LogP contribution in [-0.2, 0) is 18.9 Å². The number of thiazole rings is 1. The summed E-state index contributed by atoms with van der Waals surface area (Å²) in [5.74, 6) is 2.35. The predicted octanol–water partition coefficient (Wildman–Crippen LogP) is 6.38. The highest BCUT2D eigenvalue weighted by atomic mass is 32.2. The number of allylic oxidation sites excluding steroid dienone is 1. The number of hydrogen-bond acceptors (Lipinski definition) is 6. The molecule has 0 spiro atoms. The third-order valence-electron chi connectivity index (χ3n) is 5.15. The van der Waals surface area contributed by atoms with Crippen molar-refractivity contribution in [1.29, 1.82) is 0 Å². The van der Waals surface area contributed by atoms with E-state index in [1.54, 1.807) is 23.1 Å². The van der Waals surface area contributed by atoms with Gasteiger partial charge in [-0.1, -0.05) is 53.7 Å². The van der Waals surface area contributed by atoms with E-state index in [-0.39, 0.29) is 0 Å². The summed E-state index contributed by atoms with van der Waals surface area (Å²) in [5.41, 5.74) is 5.90. The maximum absolute atomic E-state index is 5.97. The SMILES string of the molecule is C=CCn1c(COc2ccc(C)c(C)c2)nnc1SCc1csc(-c2ccc(C)cc2)n1. The predicted molar refractivity (Wildman–Crippen MR) is 132 cm³/mol. The molecule has 0 aliphatic heterocycles. The Morgan fingerprint density at radius 1 is 1.06 bits per heavy atom. The molecule has 4 aromatic rings. The van der Waals surface area contributed by atoms with Crippen LogP contribution in [0.15, 0.2) is 65.7 Å². The summed E-state index contributed by atoms with van der Waals surface area (Å²) < 4.78 is 8.02. The molecule has 0 atom stereocenters. The number of rotatable bonds is 9. The molecular formula is C25H26N4OS2. The largest absolute Gasteiger partial charge is 0.486 e. The zero-order chi connectivity index (χ0) is 22.5. The Hall–Kier alpha value is -2.90. The number of ether oxygens (including phenoxy) is 1. The third-order valence-corrected chi connectivity index (χ3v) is 7.09. The van der Waals surface area contributed by atoms with Gasteiger partial charge in [0.2, 0.25) is 0 Å². The van der Waals surface area contributed by atoms with E-state index in [9.17, 15) is 0 Å². The van der Waals surface area contributed by atoms with Crippen molar-refractivity contribution in [3.05, 3.63) is 88.7 Å². The van der Waals surface area contributed by atoms with E-state index >= 15 is 0 Å². The van der Waals surface area contributed by atoms with Gasteiger partial charge in [0, 0.05) is 23.2 Å². The molecule has 0 N–H and O–H groups in total. The lowest BCUT2D eigenvalue weighted by atomic mass is 10.1. The van der Waals surface area contributed by atoms with Gasteiger partial charge < -0.3 is 4.74 Å². The van der Waals surface area contributed by atoms with Crippen molar-refractivity contribution in [2.45, 2.75) is 44.8 Å². The van der Waals surface area contributed by atoms with Crippen molar-refractivity contribution >= 4 is 23.1 Å². The highest BCUT2D eigenvalue weighted by molar-refractivity contribution is 7.98. The van der Waals surface area contributed by atoms with Gasteiger partial charge in [-0.05, 0) is 44.0 Å². The van der Waals surface area contributed by atoms with Crippen molar-refractivity contribution in [3.63, 3.8) is 0 Å². The Bertz CT molecular complexity index is 1210. The zero-order valence-corrected chi connectivity index (χ0v) is 20.2. The number of benzene rings is 2. The van der Waals surface area contributed by atoms with Crippen molar-refractivity contribution < 1.29 is 4.74 Å². The van der Waals surface area contributed by atoms with E-state index in [0.29, 0.717) is 13.2 Å². The first kappa shape index (κ1) is 22.3. The van der Waals surface area contributed by atoms with E-state index in [2.05, 4.69) is 73.3 Å². The maximum Gasteiger partial charge on any atom is 0.191 e. The molecule has 0 aliphatic rings. The van der Waals surface area contributed by atoms with Gasteiger partial charge in [0.25, 0.3) is 0 Å². The number of nitrogens with zero attached hydrogens (tertiary/aromatic N) is 4. The van der Waals surface area contributed by atoms with E-state index in [1.165, 1.54) is 16.7 Å². The van der Waals surface area contributed by atoms with Crippen LogP contribution >= 0.6 is 23.1 Å². The first-order chi connectivity index (χ1) is 15.5. The normalized spacial score (nSPS) is 11.0. The molecule has 0 aliphatic carbocycles. The average Bonchev–Trinajstić information content (AvgIpc) is 3.41. The number of aromatic nitrogens is 4. The molecule has 0 fully saturated rings. The minimum atomic E-state index is 0.359. The van der Waals surface area contributed by atoms with E-state index < -0.39 is 0 Å².